The quantitative estimate of drug-likeness (QED) is 0.711. The highest BCUT2D eigenvalue weighted by Crippen LogP contribution is 2.21. The first kappa shape index (κ1) is 14.9. The number of hydrogen-bond donors (Lipinski definition) is 3. The number of amides is 3. The summed E-state index contributed by atoms with van der Waals surface area (Å²) < 4.78 is 0. The maximum atomic E-state index is 11.8. The lowest BCUT2D eigenvalue weighted by molar-refractivity contribution is -0.137. The molecular weight excluding hydrogens is 272 g/mol. The molecule has 1 rings (SSSR count). The number of rotatable bonds is 5. The number of aryl methyl sites for hydroxylation is 2. The van der Waals surface area contributed by atoms with Gasteiger partial charge in [0.05, 0.1) is 5.69 Å². The van der Waals surface area contributed by atoms with Gasteiger partial charge in [-0.2, -0.15) is 0 Å². The lowest BCUT2D eigenvalue weighted by atomic mass is 10.4. The SMILES string of the molecule is Cc1nc(NC(=O)N(CC(N)=O)CC(=O)O)sc1C. The van der Waals surface area contributed by atoms with Crippen LogP contribution in [0.5, 0.6) is 0 Å². The summed E-state index contributed by atoms with van der Waals surface area (Å²) in [6.45, 7) is 2.56. The van der Waals surface area contributed by atoms with Crippen LogP contribution in [0.2, 0.25) is 0 Å². The minimum absolute atomic E-state index is 0.347. The third-order valence-corrected chi connectivity index (χ3v) is 3.19. The van der Waals surface area contributed by atoms with Crippen LogP contribution in [0.15, 0.2) is 0 Å². The van der Waals surface area contributed by atoms with Crippen molar-refractivity contribution in [1.82, 2.24) is 9.88 Å². The normalized spacial score (nSPS) is 10.0. The Balaban J connectivity index is 2.75. The maximum absolute atomic E-state index is 11.8. The standard InChI is InChI=1S/C10H14N4O4S/c1-5-6(2)19-9(12-5)13-10(18)14(3-7(11)15)4-8(16)17/h3-4H2,1-2H3,(H2,11,15)(H,16,17)(H,12,13,18). The van der Waals surface area contributed by atoms with Crippen molar-refractivity contribution >= 4 is 34.4 Å². The van der Waals surface area contributed by atoms with Crippen LogP contribution in [0.25, 0.3) is 0 Å². The van der Waals surface area contributed by atoms with Crippen molar-refractivity contribution in [3.8, 4) is 0 Å². The maximum Gasteiger partial charge on any atom is 0.324 e. The van der Waals surface area contributed by atoms with E-state index in [1.54, 1.807) is 6.92 Å². The van der Waals surface area contributed by atoms with E-state index in [1.807, 2.05) is 6.92 Å². The van der Waals surface area contributed by atoms with Gasteiger partial charge in [0.1, 0.15) is 13.1 Å². The monoisotopic (exact) mass is 286 g/mol. The minimum Gasteiger partial charge on any atom is -0.480 e. The number of thiazole rings is 1. The van der Waals surface area contributed by atoms with Crippen molar-refractivity contribution in [2.75, 3.05) is 18.4 Å². The molecule has 0 saturated heterocycles. The second-order valence-corrected chi connectivity index (χ2v) is 5.01. The fourth-order valence-corrected chi connectivity index (χ4v) is 2.05. The van der Waals surface area contributed by atoms with Crippen LogP contribution in [-0.4, -0.2) is 46.0 Å². The van der Waals surface area contributed by atoms with Gasteiger partial charge in [-0.05, 0) is 13.8 Å². The average molecular weight is 286 g/mol. The van der Waals surface area contributed by atoms with Crippen molar-refractivity contribution in [3.05, 3.63) is 10.6 Å². The fourth-order valence-electron chi connectivity index (χ4n) is 1.25. The molecule has 0 radical (unpaired) electrons. The van der Waals surface area contributed by atoms with E-state index >= 15 is 0 Å². The molecule has 19 heavy (non-hydrogen) atoms. The van der Waals surface area contributed by atoms with E-state index in [2.05, 4.69) is 10.3 Å². The average Bonchev–Trinajstić information content (AvgIpc) is 2.55. The van der Waals surface area contributed by atoms with Crippen LogP contribution in [-0.2, 0) is 9.59 Å². The number of carbonyl (C=O) groups is 3. The van der Waals surface area contributed by atoms with Gasteiger partial charge in [-0.25, -0.2) is 9.78 Å². The van der Waals surface area contributed by atoms with Crippen LogP contribution < -0.4 is 11.1 Å². The minimum atomic E-state index is -1.23. The van der Waals surface area contributed by atoms with Crippen LogP contribution in [0.1, 0.15) is 10.6 Å². The first-order valence-corrected chi connectivity index (χ1v) is 6.11. The zero-order chi connectivity index (χ0) is 14.6. The summed E-state index contributed by atoms with van der Waals surface area (Å²) in [5.41, 5.74) is 5.74. The molecule has 0 atom stereocenters. The summed E-state index contributed by atoms with van der Waals surface area (Å²) in [6, 6.07) is -0.727. The van der Waals surface area contributed by atoms with Crippen molar-refractivity contribution in [3.63, 3.8) is 0 Å². The molecule has 3 amide bonds. The lowest BCUT2D eigenvalue weighted by Gasteiger charge is -2.18. The van der Waals surface area contributed by atoms with Crippen molar-refractivity contribution in [2.24, 2.45) is 5.73 Å². The molecule has 0 fully saturated rings. The molecule has 1 aromatic rings. The molecule has 0 bridgehead atoms. The Morgan fingerprint density at radius 1 is 1.37 bits per heavy atom. The molecule has 1 aromatic heterocycles. The predicted octanol–water partition coefficient (Wildman–Crippen LogP) is 0.164. The number of nitrogens with two attached hydrogens (primary N) is 1. The van der Waals surface area contributed by atoms with Crippen molar-refractivity contribution in [2.45, 2.75) is 13.8 Å². The third kappa shape index (κ3) is 4.54. The highest BCUT2D eigenvalue weighted by atomic mass is 32.1. The van der Waals surface area contributed by atoms with E-state index < -0.39 is 31.0 Å². The number of hydrogen-bond acceptors (Lipinski definition) is 5. The molecule has 0 saturated carbocycles. The number of primary amides is 1. The Bertz CT molecular complexity index is 478. The Hall–Kier alpha value is -2.16. The summed E-state index contributed by atoms with van der Waals surface area (Å²) >= 11 is 1.26. The van der Waals surface area contributed by atoms with Gasteiger partial charge in [-0.1, -0.05) is 0 Å². The number of nitrogens with one attached hydrogen (secondary N) is 1. The summed E-state index contributed by atoms with van der Waals surface area (Å²) in [5, 5.41) is 11.5. The second kappa shape index (κ2) is 6.14. The van der Waals surface area contributed by atoms with Gasteiger partial charge in [0, 0.05) is 4.88 Å². The van der Waals surface area contributed by atoms with Crippen LogP contribution in [0.4, 0.5) is 9.93 Å². The highest BCUT2D eigenvalue weighted by Gasteiger charge is 2.20. The number of carboxylic acid groups (broad SMARTS) is 1. The number of urea groups is 1. The van der Waals surface area contributed by atoms with Crippen LogP contribution in [0.3, 0.4) is 0 Å². The number of aromatic nitrogens is 1. The van der Waals surface area contributed by atoms with Crippen LogP contribution in [0, 0.1) is 13.8 Å². The van der Waals surface area contributed by atoms with Gasteiger partial charge in [-0.15, -0.1) is 11.3 Å². The van der Waals surface area contributed by atoms with Gasteiger partial charge in [0.2, 0.25) is 5.91 Å². The lowest BCUT2D eigenvalue weighted by Crippen LogP contribution is -2.43. The largest absolute Gasteiger partial charge is 0.480 e. The van der Waals surface area contributed by atoms with Crippen molar-refractivity contribution in [1.29, 1.82) is 0 Å². The first-order chi connectivity index (χ1) is 8.79. The number of aliphatic carboxylic acids is 1. The van der Waals surface area contributed by atoms with Gasteiger partial charge < -0.3 is 15.7 Å². The Kier molecular flexibility index (Phi) is 4.81. The van der Waals surface area contributed by atoms with E-state index in [9.17, 15) is 14.4 Å². The number of carboxylic acids is 1. The summed E-state index contributed by atoms with van der Waals surface area (Å²) in [6.07, 6.45) is 0. The molecule has 8 nitrogen and oxygen atoms in total. The first-order valence-electron chi connectivity index (χ1n) is 5.29. The Morgan fingerprint density at radius 3 is 2.42 bits per heavy atom. The zero-order valence-corrected chi connectivity index (χ0v) is 11.3. The fraction of sp³-hybridized carbons (Fsp3) is 0.400. The molecule has 0 aliphatic carbocycles. The smallest absolute Gasteiger partial charge is 0.324 e. The third-order valence-electron chi connectivity index (χ3n) is 2.20. The van der Waals surface area contributed by atoms with E-state index in [1.165, 1.54) is 11.3 Å². The molecule has 0 aliphatic heterocycles. The van der Waals surface area contributed by atoms with Crippen molar-refractivity contribution < 1.29 is 19.5 Å². The number of carbonyl (C=O) groups excluding carboxylic acids is 2. The van der Waals surface area contributed by atoms with Gasteiger partial charge in [-0.3, -0.25) is 14.9 Å². The van der Waals surface area contributed by atoms with Crippen LogP contribution >= 0.6 is 11.3 Å². The molecule has 0 unspecified atom stereocenters. The summed E-state index contributed by atoms with van der Waals surface area (Å²) in [7, 11) is 0. The van der Waals surface area contributed by atoms with E-state index in [-0.39, 0.29) is 0 Å². The second-order valence-electron chi connectivity index (χ2n) is 3.81. The van der Waals surface area contributed by atoms with Gasteiger partial charge in [0.25, 0.3) is 0 Å². The zero-order valence-electron chi connectivity index (χ0n) is 10.5. The van der Waals surface area contributed by atoms with Gasteiger partial charge in [0.15, 0.2) is 5.13 Å². The molecule has 0 aliphatic rings. The number of nitrogens with zero attached hydrogens (tertiary/aromatic N) is 2. The molecule has 4 N–H and O–H groups in total. The van der Waals surface area contributed by atoms with E-state index in [0.717, 1.165) is 15.5 Å². The molecule has 9 heteroatoms. The summed E-state index contributed by atoms with van der Waals surface area (Å²) in [5.74, 6) is -2.02. The highest BCUT2D eigenvalue weighted by molar-refractivity contribution is 7.15. The molecule has 1 heterocycles. The molecule has 104 valence electrons. The Labute approximate surface area is 113 Å². The Morgan fingerprint density at radius 2 is 2.00 bits per heavy atom. The van der Waals surface area contributed by atoms with E-state index in [4.69, 9.17) is 10.8 Å². The molecule has 0 aromatic carbocycles. The topological polar surface area (TPSA) is 126 Å². The summed E-state index contributed by atoms with van der Waals surface area (Å²) in [4.78, 5) is 39.1. The number of anilines is 1. The van der Waals surface area contributed by atoms with Gasteiger partial charge >= 0.3 is 12.0 Å². The predicted molar refractivity (Wildman–Crippen MR) is 69.0 cm³/mol. The molecular formula is C10H14N4O4S. The van der Waals surface area contributed by atoms with E-state index in [0.29, 0.717) is 5.13 Å². The molecule has 0 spiro atoms.